The summed E-state index contributed by atoms with van der Waals surface area (Å²) in [5.41, 5.74) is 4.00. The first kappa shape index (κ1) is 25.8. The van der Waals surface area contributed by atoms with E-state index in [1.54, 1.807) is 42.5 Å². The fraction of sp³-hybridized carbons (Fsp3) is 0.148. The Labute approximate surface area is 223 Å². The highest BCUT2D eigenvalue weighted by molar-refractivity contribution is 8.18. The van der Waals surface area contributed by atoms with Gasteiger partial charge < -0.3 is 10.1 Å². The molecule has 1 saturated heterocycles. The molecule has 0 saturated carbocycles. The molecule has 1 N–H and O–H groups in total. The Hall–Kier alpha value is -3.26. The lowest BCUT2D eigenvalue weighted by Gasteiger charge is -2.14. The van der Waals surface area contributed by atoms with Crippen LogP contribution in [0.15, 0.2) is 65.6 Å². The Balaban J connectivity index is 1.49. The SMILES string of the molecule is Cc1cccc(NC(=O)CN2C(=O)S/C(=C/c3cc(Cl)ccc3OCc3cccc(Cl)c3)C2=O)c1C. The van der Waals surface area contributed by atoms with Crippen LogP contribution in [0.2, 0.25) is 10.0 Å². The molecule has 3 aromatic carbocycles. The lowest BCUT2D eigenvalue weighted by atomic mass is 10.1. The summed E-state index contributed by atoms with van der Waals surface area (Å²) in [7, 11) is 0. The number of carbonyl (C=O) groups is 3. The minimum Gasteiger partial charge on any atom is -0.488 e. The molecule has 0 spiro atoms. The van der Waals surface area contributed by atoms with Gasteiger partial charge in [0.1, 0.15) is 18.9 Å². The molecule has 1 fully saturated rings. The first-order chi connectivity index (χ1) is 17.2. The van der Waals surface area contributed by atoms with E-state index in [0.29, 0.717) is 27.0 Å². The maximum absolute atomic E-state index is 13.0. The van der Waals surface area contributed by atoms with E-state index in [-0.39, 0.29) is 18.1 Å². The third-order valence-electron chi connectivity index (χ3n) is 5.60. The van der Waals surface area contributed by atoms with E-state index in [1.165, 1.54) is 0 Å². The van der Waals surface area contributed by atoms with Crippen LogP contribution in [0.1, 0.15) is 22.3 Å². The smallest absolute Gasteiger partial charge is 0.294 e. The van der Waals surface area contributed by atoms with Gasteiger partial charge >= 0.3 is 0 Å². The number of ether oxygens (including phenoxy) is 1. The molecule has 0 unspecified atom stereocenters. The fourth-order valence-electron chi connectivity index (χ4n) is 3.55. The molecule has 9 heteroatoms. The second-order valence-corrected chi connectivity index (χ2v) is 10.0. The summed E-state index contributed by atoms with van der Waals surface area (Å²) in [4.78, 5) is 39.3. The van der Waals surface area contributed by atoms with Crippen LogP contribution in [-0.4, -0.2) is 28.5 Å². The van der Waals surface area contributed by atoms with Gasteiger partial charge in [0.15, 0.2) is 0 Å². The standard InChI is InChI=1S/C27H22Cl2N2O4S/c1-16-5-3-8-22(17(16)2)30-25(32)14-31-26(33)24(36-27(31)34)13-19-12-21(29)9-10-23(19)35-15-18-6-4-7-20(28)11-18/h3-13H,14-15H2,1-2H3,(H,30,32)/b24-13+. The van der Waals surface area contributed by atoms with Crippen molar-refractivity contribution in [3.8, 4) is 5.75 Å². The molecule has 36 heavy (non-hydrogen) atoms. The van der Waals surface area contributed by atoms with Crippen molar-refractivity contribution in [3.63, 3.8) is 0 Å². The van der Waals surface area contributed by atoms with Crippen molar-refractivity contribution >= 4 is 63.8 Å². The highest BCUT2D eigenvalue weighted by Crippen LogP contribution is 2.35. The van der Waals surface area contributed by atoms with Crippen LogP contribution in [0.4, 0.5) is 10.5 Å². The van der Waals surface area contributed by atoms with Crippen LogP contribution in [0.3, 0.4) is 0 Å². The zero-order chi connectivity index (χ0) is 25.8. The molecule has 3 amide bonds. The summed E-state index contributed by atoms with van der Waals surface area (Å²) >= 11 is 13.0. The Morgan fingerprint density at radius 3 is 2.56 bits per heavy atom. The van der Waals surface area contributed by atoms with E-state index in [9.17, 15) is 14.4 Å². The first-order valence-corrected chi connectivity index (χ1v) is 12.6. The van der Waals surface area contributed by atoms with Crippen molar-refractivity contribution in [1.82, 2.24) is 4.90 Å². The summed E-state index contributed by atoms with van der Waals surface area (Å²) in [6.07, 6.45) is 1.55. The highest BCUT2D eigenvalue weighted by Gasteiger charge is 2.36. The van der Waals surface area contributed by atoms with Gasteiger partial charge in [-0.2, -0.15) is 0 Å². The maximum atomic E-state index is 13.0. The molecule has 4 rings (SSSR count). The summed E-state index contributed by atoms with van der Waals surface area (Å²) in [6, 6.07) is 17.9. The summed E-state index contributed by atoms with van der Waals surface area (Å²) in [5.74, 6) is -0.527. The van der Waals surface area contributed by atoms with Crippen LogP contribution >= 0.6 is 35.0 Å². The highest BCUT2D eigenvalue weighted by atomic mass is 35.5. The number of carbonyl (C=O) groups excluding carboxylic acids is 3. The molecule has 0 aliphatic carbocycles. The number of imide groups is 1. The van der Waals surface area contributed by atoms with Gasteiger partial charge in [0.25, 0.3) is 11.1 Å². The predicted octanol–water partition coefficient (Wildman–Crippen LogP) is 6.86. The minimum absolute atomic E-state index is 0.175. The van der Waals surface area contributed by atoms with Gasteiger partial charge in [-0.25, -0.2) is 0 Å². The van der Waals surface area contributed by atoms with Crippen molar-refractivity contribution in [1.29, 1.82) is 0 Å². The van der Waals surface area contributed by atoms with Gasteiger partial charge in [-0.05, 0) is 84.8 Å². The molecule has 3 aromatic rings. The van der Waals surface area contributed by atoms with E-state index in [4.69, 9.17) is 27.9 Å². The number of thioether (sulfide) groups is 1. The number of rotatable bonds is 7. The molecule has 1 aliphatic heterocycles. The molecular formula is C27H22Cl2N2O4S. The Bertz CT molecular complexity index is 1390. The van der Waals surface area contributed by atoms with Gasteiger partial charge in [-0.15, -0.1) is 0 Å². The van der Waals surface area contributed by atoms with E-state index in [0.717, 1.165) is 33.4 Å². The number of anilines is 1. The van der Waals surface area contributed by atoms with Crippen LogP contribution < -0.4 is 10.1 Å². The summed E-state index contributed by atoms with van der Waals surface area (Å²) < 4.78 is 5.94. The molecule has 0 radical (unpaired) electrons. The molecule has 1 heterocycles. The second-order valence-electron chi connectivity index (χ2n) is 8.16. The van der Waals surface area contributed by atoms with E-state index in [2.05, 4.69) is 5.32 Å². The molecule has 184 valence electrons. The van der Waals surface area contributed by atoms with Crippen molar-refractivity contribution < 1.29 is 19.1 Å². The lowest BCUT2D eigenvalue weighted by molar-refractivity contribution is -0.127. The number of nitrogens with one attached hydrogen (secondary N) is 1. The van der Waals surface area contributed by atoms with Gasteiger partial charge in [0, 0.05) is 21.3 Å². The van der Waals surface area contributed by atoms with Crippen LogP contribution in [0.5, 0.6) is 5.75 Å². The topological polar surface area (TPSA) is 75.7 Å². The average Bonchev–Trinajstić information content (AvgIpc) is 3.09. The second kappa shape index (κ2) is 11.2. The molecule has 1 aliphatic rings. The van der Waals surface area contributed by atoms with E-state index >= 15 is 0 Å². The first-order valence-electron chi connectivity index (χ1n) is 11.0. The van der Waals surface area contributed by atoms with Gasteiger partial charge in [-0.3, -0.25) is 19.3 Å². The number of aryl methyl sites for hydroxylation is 1. The number of halogens is 2. The number of nitrogens with zero attached hydrogens (tertiary/aromatic N) is 1. The quantitative estimate of drug-likeness (QED) is 0.331. The van der Waals surface area contributed by atoms with Gasteiger partial charge in [0.2, 0.25) is 5.91 Å². The summed E-state index contributed by atoms with van der Waals surface area (Å²) in [6.45, 7) is 3.70. The minimum atomic E-state index is -0.554. The number of amides is 3. The zero-order valence-corrected chi connectivity index (χ0v) is 21.8. The number of hydrogen-bond acceptors (Lipinski definition) is 5. The van der Waals surface area contributed by atoms with Crippen molar-refractivity contribution in [3.05, 3.63) is 97.9 Å². The van der Waals surface area contributed by atoms with Gasteiger partial charge in [0.05, 0.1) is 4.91 Å². The third-order valence-corrected chi connectivity index (χ3v) is 6.97. The Kier molecular flexibility index (Phi) is 8.04. The van der Waals surface area contributed by atoms with Crippen molar-refractivity contribution in [2.45, 2.75) is 20.5 Å². The zero-order valence-electron chi connectivity index (χ0n) is 19.5. The van der Waals surface area contributed by atoms with Gasteiger partial charge in [-0.1, -0.05) is 47.5 Å². The summed E-state index contributed by atoms with van der Waals surface area (Å²) in [5, 5.41) is 3.30. The van der Waals surface area contributed by atoms with E-state index in [1.807, 2.05) is 38.1 Å². The lowest BCUT2D eigenvalue weighted by Crippen LogP contribution is -2.36. The molecule has 6 nitrogen and oxygen atoms in total. The number of benzene rings is 3. The van der Waals surface area contributed by atoms with Crippen molar-refractivity contribution in [2.24, 2.45) is 0 Å². The normalized spacial score (nSPS) is 14.4. The monoisotopic (exact) mass is 540 g/mol. The maximum Gasteiger partial charge on any atom is 0.294 e. The molecular weight excluding hydrogens is 519 g/mol. The Morgan fingerprint density at radius 2 is 1.78 bits per heavy atom. The largest absolute Gasteiger partial charge is 0.488 e. The number of hydrogen-bond donors (Lipinski definition) is 1. The van der Waals surface area contributed by atoms with Crippen molar-refractivity contribution in [2.75, 3.05) is 11.9 Å². The van der Waals surface area contributed by atoms with Crippen LogP contribution in [0.25, 0.3) is 6.08 Å². The van der Waals surface area contributed by atoms with Crippen LogP contribution in [0, 0.1) is 13.8 Å². The Morgan fingerprint density at radius 1 is 1.03 bits per heavy atom. The van der Waals surface area contributed by atoms with E-state index < -0.39 is 17.1 Å². The predicted molar refractivity (Wildman–Crippen MR) is 144 cm³/mol. The molecule has 0 aromatic heterocycles. The third kappa shape index (κ3) is 6.10. The molecule has 0 atom stereocenters. The molecule has 0 bridgehead atoms. The average molecular weight is 541 g/mol. The fourth-order valence-corrected chi connectivity index (χ4v) is 4.77. The van der Waals surface area contributed by atoms with Crippen LogP contribution in [-0.2, 0) is 16.2 Å².